The summed E-state index contributed by atoms with van der Waals surface area (Å²) in [5.41, 5.74) is 1.75. The molecule has 1 fully saturated rings. The lowest BCUT2D eigenvalue weighted by Gasteiger charge is -2.23. The predicted octanol–water partition coefficient (Wildman–Crippen LogP) is 1.71. The van der Waals surface area contributed by atoms with Gasteiger partial charge in [0.25, 0.3) is 0 Å². The maximum Gasteiger partial charge on any atom is 0.335 e. The van der Waals surface area contributed by atoms with Gasteiger partial charge in [-0.25, -0.2) is 15.0 Å². The molecule has 2 aromatic heterocycles. The van der Waals surface area contributed by atoms with E-state index in [1.807, 2.05) is 18.2 Å². The number of hydrogen-bond donors (Lipinski definition) is 4. The van der Waals surface area contributed by atoms with Crippen LogP contribution in [0.3, 0.4) is 0 Å². The molecule has 4 rings (SSSR count). The maximum atomic E-state index is 11.4. The van der Waals surface area contributed by atoms with Crippen LogP contribution < -0.4 is 5.32 Å². The molecule has 0 unspecified atom stereocenters. The number of likely N-dealkylation sites (N-methyl/N-ethyl adjacent to an activating group) is 1. The second-order valence-corrected chi connectivity index (χ2v) is 8.81. The molecule has 0 amide bonds. The lowest BCUT2D eigenvalue weighted by atomic mass is 10.2. The molecule has 0 radical (unpaired) electrons. The molecular formula is C17H19ClN6O4S. The van der Waals surface area contributed by atoms with E-state index in [2.05, 4.69) is 25.3 Å². The molecule has 0 spiro atoms. The first-order valence-electron chi connectivity index (χ1n) is 8.84. The van der Waals surface area contributed by atoms with Gasteiger partial charge in [0.2, 0.25) is 0 Å². The summed E-state index contributed by atoms with van der Waals surface area (Å²) in [4.78, 5) is 16.1. The summed E-state index contributed by atoms with van der Waals surface area (Å²) >= 11 is 6.25. The Morgan fingerprint density at radius 2 is 2.03 bits per heavy atom. The minimum Gasteiger partial charge on any atom is -0.391 e. The number of fused-ring (bicyclic) bond motifs is 1. The van der Waals surface area contributed by atoms with Gasteiger partial charge in [0.15, 0.2) is 11.5 Å². The number of anilines is 1. The normalized spacial score (nSPS) is 22.4. The number of aliphatic hydroxyl groups excluding tert-OH is 1. The van der Waals surface area contributed by atoms with Crippen molar-refractivity contribution in [3.8, 4) is 11.4 Å². The third kappa shape index (κ3) is 3.91. The summed E-state index contributed by atoms with van der Waals surface area (Å²) in [6, 6.07) is 6.28. The van der Waals surface area contributed by atoms with Crippen LogP contribution in [0, 0.1) is 0 Å². The van der Waals surface area contributed by atoms with Crippen LogP contribution in [0.25, 0.3) is 22.6 Å². The van der Waals surface area contributed by atoms with Crippen LogP contribution in [0.4, 0.5) is 5.82 Å². The quantitative estimate of drug-likeness (QED) is 0.440. The van der Waals surface area contributed by atoms with E-state index in [0.717, 1.165) is 9.87 Å². The molecule has 4 N–H and O–H groups in total. The highest BCUT2D eigenvalue weighted by molar-refractivity contribution is 7.83. The number of rotatable bonds is 5. The Labute approximate surface area is 171 Å². The number of aromatic nitrogens is 4. The van der Waals surface area contributed by atoms with Gasteiger partial charge in [-0.3, -0.25) is 4.55 Å². The summed E-state index contributed by atoms with van der Waals surface area (Å²) in [5, 5.41) is 14.0. The first kappa shape index (κ1) is 20.0. The van der Waals surface area contributed by atoms with Crippen LogP contribution >= 0.6 is 11.6 Å². The Kier molecular flexibility index (Phi) is 5.17. The number of nitrogens with zero attached hydrogens (tertiary/aromatic N) is 4. The summed E-state index contributed by atoms with van der Waals surface area (Å²) < 4.78 is 32.8. The van der Waals surface area contributed by atoms with Crippen molar-refractivity contribution in [2.75, 3.05) is 12.4 Å². The van der Waals surface area contributed by atoms with E-state index < -0.39 is 22.4 Å². The Bertz CT molecular complexity index is 1150. The zero-order valence-corrected chi connectivity index (χ0v) is 16.9. The van der Waals surface area contributed by atoms with Crippen LogP contribution in [0.15, 0.2) is 30.6 Å². The number of nitrogens with one attached hydrogen (secondary N) is 2. The van der Waals surface area contributed by atoms with Gasteiger partial charge in [0, 0.05) is 18.7 Å². The van der Waals surface area contributed by atoms with Crippen LogP contribution in [-0.4, -0.2) is 67.6 Å². The van der Waals surface area contributed by atoms with Crippen LogP contribution in [0.1, 0.15) is 12.8 Å². The van der Waals surface area contributed by atoms with E-state index in [1.165, 1.54) is 13.4 Å². The molecule has 1 aromatic carbocycles. The van der Waals surface area contributed by atoms with E-state index in [0.29, 0.717) is 40.7 Å². The van der Waals surface area contributed by atoms with Gasteiger partial charge in [-0.2, -0.15) is 12.7 Å². The zero-order chi connectivity index (χ0) is 20.8. The number of aliphatic hydroxyl groups is 1. The average Bonchev–Trinajstić information content (AvgIpc) is 3.24. The SMILES string of the molecule is CN([C@H]1C[C@@H](Nc2ncnc3nc(-c4ccccc4Cl)[nH]c23)C[C@@H]1O)S(=O)(=O)O. The summed E-state index contributed by atoms with van der Waals surface area (Å²) in [6.45, 7) is 0. The Morgan fingerprint density at radius 1 is 1.28 bits per heavy atom. The van der Waals surface area contributed by atoms with Gasteiger partial charge < -0.3 is 15.4 Å². The van der Waals surface area contributed by atoms with E-state index in [4.69, 9.17) is 11.6 Å². The Hall–Kier alpha value is -2.31. The molecule has 29 heavy (non-hydrogen) atoms. The molecule has 10 nitrogen and oxygen atoms in total. The lowest BCUT2D eigenvalue weighted by Crippen LogP contribution is -2.41. The first-order chi connectivity index (χ1) is 13.7. The van der Waals surface area contributed by atoms with Crippen molar-refractivity contribution in [2.24, 2.45) is 0 Å². The molecule has 1 aliphatic carbocycles. The average molecular weight is 439 g/mol. The highest BCUT2D eigenvalue weighted by Crippen LogP contribution is 2.31. The van der Waals surface area contributed by atoms with Crippen LogP contribution in [0.5, 0.6) is 0 Å². The second kappa shape index (κ2) is 7.50. The van der Waals surface area contributed by atoms with Crippen molar-refractivity contribution in [3.05, 3.63) is 35.6 Å². The molecule has 0 bridgehead atoms. The number of H-pyrrole nitrogens is 1. The van der Waals surface area contributed by atoms with E-state index >= 15 is 0 Å². The minimum absolute atomic E-state index is 0.260. The van der Waals surface area contributed by atoms with Gasteiger partial charge in [0.05, 0.1) is 17.2 Å². The van der Waals surface area contributed by atoms with Crippen molar-refractivity contribution in [2.45, 2.75) is 31.0 Å². The zero-order valence-electron chi connectivity index (χ0n) is 15.3. The standard InChI is InChI=1S/C17H19ClN6O4S/c1-24(29(26,27)28)12-6-9(7-13(12)25)21-16-14-17(20-8-19-16)23-15(22-14)10-4-2-3-5-11(10)18/h2-5,8-9,12-13,25H,6-7H2,1H3,(H,26,27,28)(H2,19,20,21,22,23)/t9-,12+,13+/m1/s1. The highest BCUT2D eigenvalue weighted by atomic mass is 35.5. The fraction of sp³-hybridized carbons (Fsp3) is 0.353. The van der Waals surface area contributed by atoms with E-state index in [1.54, 1.807) is 6.07 Å². The third-order valence-corrected chi connectivity index (χ3v) is 6.41. The molecular weight excluding hydrogens is 420 g/mol. The predicted molar refractivity (Wildman–Crippen MR) is 108 cm³/mol. The number of halogens is 1. The topological polar surface area (TPSA) is 144 Å². The fourth-order valence-corrected chi connectivity index (χ4v) is 4.38. The molecule has 1 saturated carbocycles. The third-order valence-electron chi connectivity index (χ3n) is 5.09. The molecule has 0 aliphatic heterocycles. The van der Waals surface area contributed by atoms with E-state index in [-0.39, 0.29) is 6.04 Å². The highest BCUT2D eigenvalue weighted by Gasteiger charge is 2.39. The molecule has 1 aliphatic rings. The van der Waals surface area contributed by atoms with Crippen molar-refractivity contribution in [1.29, 1.82) is 0 Å². The van der Waals surface area contributed by atoms with Gasteiger partial charge >= 0.3 is 10.3 Å². The Morgan fingerprint density at radius 3 is 2.76 bits per heavy atom. The number of hydrogen-bond acceptors (Lipinski definition) is 7. The van der Waals surface area contributed by atoms with Gasteiger partial charge in [-0.05, 0) is 25.0 Å². The molecule has 0 saturated heterocycles. The van der Waals surface area contributed by atoms with Crippen LogP contribution in [0.2, 0.25) is 5.02 Å². The minimum atomic E-state index is -4.39. The fourth-order valence-electron chi connectivity index (χ4n) is 3.59. The number of imidazole rings is 1. The van der Waals surface area contributed by atoms with Gasteiger partial charge in [-0.1, -0.05) is 23.7 Å². The smallest absolute Gasteiger partial charge is 0.335 e. The van der Waals surface area contributed by atoms with Crippen molar-refractivity contribution in [3.63, 3.8) is 0 Å². The molecule has 154 valence electrons. The summed E-state index contributed by atoms with van der Waals surface area (Å²) in [6.07, 6.45) is 1.04. The monoisotopic (exact) mass is 438 g/mol. The molecule has 12 heteroatoms. The van der Waals surface area contributed by atoms with Crippen LogP contribution in [-0.2, 0) is 10.3 Å². The van der Waals surface area contributed by atoms with Gasteiger partial charge in [-0.15, -0.1) is 0 Å². The number of benzene rings is 1. The lowest BCUT2D eigenvalue weighted by molar-refractivity contribution is 0.118. The first-order valence-corrected chi connectivity index (χ1v) is 10.6. The summed E-state index contributed by atoms with van der Waals surface area (Å²) in [5.74, 6) is 1.03. The Balaban J connectivity index is 1.60. The second-order valence-electron chi connectivity index (χ2n) is 6.93. The van der Waals surface area contributed by atoms with E-state index in [9.17, 15) is 18.1 Å². The maximum absolute atomic E-state index is 11.4. The van der Waals surface area contributed by atoms with Gasteiger partial charge in [0.1, 0.15) is 17.7 Å². The summed E-state index contributed by atoms with van der Waals surface area (Å²) in [7, 11) is -3.15. The van der Waals surface area contributed by atoms with Crippen molar-refractivity contribution >= 4 is 38.9 Å². The molecule has 3 atom stereocenters. The molecule has 3 aromatic rings. The molecule has 2 heterocycles. The van der Waals surface area contributed by atoms with Crippen molar-refractivity contribution < 1.29 is 18.1 Å². The van der Waals surface area contributed by atoms with Crippen molar-refractivity contribution in [1.82, 2.24) is 24.2 Å². The largest absolute Gasteiger partial charge is 0.391 e. The number of aromatic amines is 1.